The van der Waals surface area contributed by atoms with Gasteiger partial charge in [0.2, 0.25) is 5.91 Å². The first-order valence-corrected chi connectivity index (χ1v) is 5.19. The number of rotatable bonds is 3. The summed E-state index contributed by atoms with van der Waals surface area (Å²) < 4.78 is 13.3. The molecule has 82 valence electrons. The van der Waals surface area contributed by atoms with Crippen LogP contribution in [0.4, 0.5) is 10.1 Å². The number of likely N-dealkylation sites (N-methyl/N-ethyl adjacent to an activating group) is 1. The van der Waals surface area contributed by atoms with Crippen LogP contribution in [0.1, 0.15) is 0 Å². The Balaban J connectivity index is 2.62. The van der Waals surface area contributed by atoms with Crippen LogP contribution in [-0.2, 0) is 4.79 Å². The Morgan fingerprint density at radius 2 is 2.20 bits per heavy atom. The highest BCUT2D eigenvalue weighted by atomic mass is 79.9. The Labute approximate surface area is 96.4 Å². The number of hydrogen-bond acceptors (Lipinski definition) is 2. The number of halogens is 2. The Kier molecular flexibility index (Phi) is 4.08. The highest BCUT2D eigenvalue weighted by Gasteiger charge is 2.05. The van der Waals surface area contributed by atoms with Crippen molar-refractivity contribution in [3.63, 3.8) is 0 Å². The van der Waals surface area contributed by atoms with Crippen LogP contribution in [0.25, 0.3) is 0 Å². The lowest BCUT2D eigenvalue weighted by Crippen LogP contribution is -2.28. The molecule has 1 rings (SSSR count). The average Bonchev–Trinajstić information content (AvgIpc) is 2.15. The van der Waals surface area contributed by atoms with Gasteiger partial charge in [-0.15, -0.1) is 0 Å². The fourth-order valence-corrected chi connectivity index (χ4v) is 1.45. The molecule has 0 saturated carbocycles. The molecular weight excluding hydrogens is 263 g/mol. The van der Waals surface area contributed by atoms with E-state index in [0.717, 1.165) is 0 Å². The normalized spacial score (nSPS) is 9.87. The number of nitrogens with zero attached hydrogens (tertiary/aromatic N) is 1. The molecule has 0 spiro atoms. The number of nitrogens with one attached hydrogen (secondary N) is 1. The van der Waals surface area contributed by atoms with Crippen molar-refractivity contribution in [2.75, 3.05) is 26.0 Å². The summed E-state index contributed by atoms with van der Waals surface area (Å²) in [5, 5.41) is 2.92. The first-order valence-electron chi connectivity index (χ1n) is 4.40. The summed E-state index contributed by atoms with van der Waals surface area (Å²) in [5.74, 6) is -0.349. The molecule has 1 aromatic carbocycles. The third-order valence-corrected chi connectivity index (χ3v) is 2.52. The summed E-state index contributed by atoms with van der Waals surface area (Å²) in [7, 11) is 3.37. The lowest BCUT2D eigenvalue weighted by atomic mass is 10.3. The molecule has 0 atom stereocenters. The second-order valence-corrected chi connectivity index (χ2v) is 4.12. The minimum absolute atomic E-state index is 0.0359. The van der Waals surface area contributed by atoms with Gasteiger partial charge in [0.05, 0.1) is 6.54 Å². The smallest absolute Gasteiger partial charge is 0.241 e. The van der Waals surface area contributed by atoms with Gasteiger partial charge in [0, 0.05) is 24.3 Å². The molecular formula is C10H12BrFN2O. The largest absolute Gasteiger partial charge is 0.375 e. The molecule has 0 aliphatic carbocycles. The summed E-state index contributed by atoms with van der Waals surface area (Å²) >= 11 is 3.21. The average molecular weight is 275 g/mol. The van der Waals surface area contributed by atoms with E-state index in [-0.39, 0.29) is 18.3 Å². The summed E-state index contributed by atoms with van der Waals surface area (Å²) in [5.41, 5.74) is 0.701. The molecule has 0 heterocycles. The van der Waals surface area contributed by atoms with Crippen LogP contribution in [0.3, 0.4) is 0 Å². The van der Waals surface area contributed by atoms with Crippen LogP contribution in [0.2, 0.25) is 0 Å². The number of carbonyl (C=O) groups is 1. The van der Waals surface area contributed by atoms with Crippen LogP contribution in [0, 0.1) is 5.82 Å². The van der Waals surface area contributed by atoms with E-state index in [1.807, 2.05) is 0 Å². The molecule has 0 aromatic heterocycles. The van der Waals surface area contributed by atoms with Crippen LogP contribution in [0.5, 0.6) is 0 Å². The van der Waals surface area contributed by atoms with Gasteiger partial charge in [0.25, 0.3) is 0 Å². The third kappa shape index (κ3) is 3.51. The second kappa shape index (κ2) is 5.11. The van der Waals surface area contributed by atoms with Gasteiger partial charge in [-0.25, -0.2) is 4.39 Å². The maximum atomic E-state index is 12.7. The van der Waals surface area contributed by atoms with Crippen LogP contribution in [0.15, 0.2) is 22.7 Å². The summed E-state index contributed by atoms with van der Waals surface area (Å²) in [6, 6.07) is 4.28. The quantitative estimate of drug-likeness (QED) is 0.916. The molecule has 0 unspecified atom stereocenters. The third-order valence-electron chi connectivity index (χ3n) is 1.86. The van der Waals surface area contributed by atoms with Crippen molar-refractivity contribution in [2.24, 2.45) is 0 Å². The molecule has 1 N–H and O–H groups in total. The van der Waals surface area contributed by atoms with E-state index >= 15 is 0 Å². The van der Waals surface area contributed by atoms with Crippen molar-refractivity contribution in [2.45, 2.75) is 0 Å². The highest BCUT2D eigenvalue weighted by molar-refractivity contribution is 9.10. The van der Waals surface area contributed by atoms with Crippen molar-refractivity contribution in [3.8, 4) is 0 Å². The Bertz CT molecular complexity index is 368. The monoisotopic (exact) mass is 274 g/mol. The summed E-state index contributed by atoms with van der Waals surface area (Å²) in [4.78, 5) is 12.8. The van der Waals surface area contributed by atoms with Gasteiger partial charge in [0.15, 0.2) is 0 Å². The zero-order valence-corrected chi connectivity index (χ0v) is 10.1. The van der Waals surface area contributed by atoms with Gasteiger partial charge in [-0.3, -0.25) is 4.79 Å². The number of anilines is 1. The fraction of sp³-hybridized carbons (Fsp3) is 0.300. The number of amides is 1. The van der Waals surface area contributed by atoms with Gasteiger partial charge in [-0.05, 0) is 34.1 Å². The zero-order chi connectivity index (χ0) is 11.4. The molecule has 15 heavy (non-hydrogen) atoms. The molecule has 0 saturated heterocycles. The van der Waals surface area contributed by atoms with Gasteiger partial charge >= 0.3 is 0 Å². The van der Waals surface area contributed by atoms with Gasteiger partial charge in [-0.1, -0.05) is 0 Å². The van der Waals surface area contributed by atoms with E-state index in [4.69, 9.17) is 0 Å². The lowest BCUT2D eigenvalue weighted by Gasteiger charge is -2.12. The molecule has 0 bridgehead atoms. The molecule has 0 radical (unpaired) electrons. The molecule has 5 heteroatoms. The molecule has 0 fully saturated rings. The van der Waals surface area contributed by atoms with E-state index in [1.165, 1.54) is 17.0 Å². The fourth-order valence-electron chi connectivity index (χ4n) is 0.962. The van der Waals surface area contributed by atoms with E-state index in [9.17, 15) is 9.18 Å². The summed E-state index contributed by atoms with van der Waals surface area (Å²) in [6.07, 6.45) is 0. The maximum Gasteiger partial charge on any atom is 0.241 e. The molecule has 1 aromatic rings. The van der Waals surface area contributed by atoms with Crippen molar-refractivity contribution < 1.29 is 9.18 Å². The number of hydrogen-bond donors (Lipinski definition) is 1. The predicted octanol–water partition coefficient (Wildman–Crippen LogP) is 2.09. The first-order chi connectivity index (χ1) is 7.00. The zero-order valence-electron chi connectivity index (χ0n) is 8.55. The van der Waals surface area contributed by atoms with Crippen molar-refractivity contribution >= 4 is 27.5 Å². The van der Waals surface area contributed by atoms with Gasteiger partial charge in [-0.2, -0.15) is 0 Å². The highest BCUT2D eigenvalue weighted by Crippen LogP contribution is 2.22. The van der Waals surface area contributed by atoms with Crippen molar-refractivity contribution in [3.05, 3.63) is 28.5 Å². The lowest BCUT2D eigenvalue weighted by molar-refractivity contribution is -0.126. The van der Waals surface area contributed by atoms with E-state index < -0.39 is 0 Å². The number of benzene rings is 1. The van der Waals surface area contributed by atoms with Crippen molar-refractivity contribution in [1.82, 2.24) is 4.90 Å². The Morgan fingerprint density at radius 3 is 2.73 bits per heavy atom. The topological polar surface area (TPSA) is 32.3 Å². The van der Waals surface area contributed by atoms with Crippen LogP contribution in [-0.4, -0.2) is 31.4 Å². The van der Waals surface area contributed by atoms with Crippen molar-refractivity contribution in [1.29, 1.82) is 0 Å². The minimum atomic E-state index is -0.314. The van der Waals surface area contributed by atoms with E-state index in [2.05, 4.69) is 21.2 Å². The predicted molar refractivity (Wildman–Crippen MR) is 61.3 cm³/mol. The van der Waals surface area contributed by atoms with Crippen LogP contribution >= 0.6 is 15.9 Å². The van der Waals surface area contributed by atoms with E-state index in [0.29, 0.717) is 10.2 Å². The number of carbonyl (C=O) groups excluding carboxylic acids is 1. The van der Waals surface area contributed by atoms with Gasteiger partial charge in [0.1, 0.15) is 5.82 Å². The molecule has 0 aliphatic rings. The minimum Gasteiger partial charge on any atom is -0.375 e. The summed E-state index contributed by atoms with van der Waals surface area (Å²) in [6.45, 7) is 0.192. The standard InChI is InChI=1S/C10H12BrFN2O/c1-14(2)10(15)6-13-9-4-3-7(12)5-8(9)11/h3-5,13H,6H2,1-2H3. The van der Waals surface area contributed by atoms with Gasteiger partial charge < -0.3 is 10.2 Å². The first kappa shape index (κ1) is 12.0. The second-order valence-electron chi connectivity index (χ2n) is 3.27. The SMILES string of the molecule is CN(C)C(=O)CNc1ccc(F)cc1Br. The Morgan fingerprint density at radius 1 is 1.53 bits per heavy atom. The molecule has 3 nitrogen and oxygen atoms in total. The molecule has 1 amide bonds. The van der Waals surface area contributed by atoms with E-state index in [1.54, 1.807) is 20.2 Å². The molecule has 0 aliphatic heterocycles. The Hall–Kier alpha value is -1.10. The maximum absolute atomic E-state index is 12.7. The van der Waals surface area contributed by atoms with Crippen LogP contribution < -0.4 is 5.32 Å².